The van der Waals surface area contributed by atoms with Crippen LogP contribution >= 0.6 is 0 Å². The summed E-state index contributed by atoms with van der Waals surface area (Å²) in [6, 6.07) is 3.89. The number of unbranched alkanes of at least 4 members (excludes halogenated alkanes) is 9. The SMILES string of the molecule is CCCCCCCCCCCCO.c1cc[nH]c1. The topological polar surface area (TPSA) is 36.0 Å². The van der Waals surface area contributed by atoms with Gasteiger partial charge < -0.3 is 10.1 Å². The highest BCUT2D eigenvalue weighted by Gasteiger charge is 1.91. The number of aliphatic hydroxyl groups excluding tert-OH is 1. The fourth-order valence-corrected chi connectivity index (χ4v) is 1.88. The molecule has 1 rings (SSSR count). The lowest BCUT2D eigenvalue weighted by atomic mass is 10.1. The molecule has 1 heterocycles. The Morgan fingerprint density at radius 1 is 0.722 bits per heavy atom. The summed E-state index contributed by atoms with van der Waals surface area (Å²) in [5, 5.41) is 8.57. The van der Waals surface area contributed by atoms with Gasteiger partial charge in [0.1, 0.15) is 0 Å². The van der Waals surface area contributed by atoms with Crippen molar-refractivity contribution in [2.45, 2.75) is 71.1 Å². The van der Waals surface area contributed by atoms with Crippen LogP contribution in [-0.2, 0) is 0 Å². The van der Waals surface area contributed by atoms with Gasteiger partial charge in [0.05, 0.1) is 0 Å². The zero-order valence-corrected chi connectivity index (χ0v) is 12.0. The molecule has 2 heteroatoms. The summed E-state index contributed by atoms with van der Waals surface area (Å²) >= 11 is 0. The maximum atomic E-state index is 8.57. The second-order valence-electron chi connectivity index (χ2n) is 4.79. The van der Waals surface area contributed by atoms with Gasteiger partial charge in [-0.2, -0.15) is 0 Å². The summed E-state index contributed by atoms with van der Waals surface area (Å²) in [5.41, 5.74) is 0. The highest BCUT2D eigenvalue weighted by Crippen LogP contribution is 2.09. The van der Waals surface area contributed by atoms with Crippen molar-refractivity contribution in [3.05, 3.63) is 24.5 Å². The van der Waals surface area contributed by atoms with Crippen LogP contribution in [0.3, 0.4) is 0 Å². The first-order chi connectivity index (χ1) is 8.91. The Hall–Kier alpha value is -0.760. The van der Waals surface area contributed by atoms with Crippen LogP contribution in [0.5, 0.6) is 0 Å². The number of aromatic nitrogens is 1. The molecule has 0 radical (unpaired) electrons. The van der Waals surface area contributed by atoms with Crippen LogP contribution in [0.25, 0.3) is 0 Å². The lowest BCUT2D eigenvalue weighted by Gasteiger charge is -2.00. The van der Waals surface area contributed by atoms with E-state index >= 15 is 0 Å². The summed E-state index contributed by atoms with van der Waals surface area (Å²) in [4.78, 5) is 2.86. The zero-order chi connectivity index (χ0) is 13.3. The van der Waals surface area contributed by atoms with Crippen molar-refractivity contribution in [3.63, 3.8) is 0 Å². The molecule has 0 saturated heterocycles. The Labute approximate surface area is 113 Å². The second-order valence-corrected chi connectivity index (χ2v) is 4.79. The van der Waals surface area contributed by atoms with E-state index in [1.54, 1.807) is 0 Å². The lowest BCUT2D eigenvalue weighted by molar-refractivity contribution is 0.282. The van der Waals surface area contributed by atoms with E-state index in [4.69, 9.17) is 5.11 Å². The van der Waals surface area contributed by atoms with Gasteiger partial charge in [-0.05, 0) is 18.6 Å². The van der Waals surface area contributed by atoms with E-state index in [-0.39, 0.29) is 0 Å². The molecule has 0 aliphatic heterocycles. The molecule has 106 valence electrons. The summed E-state index contributed by atoms with van der Waals surface area (Å²) in [5.74, 6) is 0. The number of rotatable bonds is 10. The van der Waals surface area contributed by atoms with Crippen LogP contribution in [0.2, 0.25) is 0 Å². The molecule has 0 aliphatic carbocycles. The van der Waals surface area contributed by atoms with Gasteiger partial charge in [-0.25, -0.2) is 0 Å². The first-order valence-electron chi connectivity index (χ1n) is 7.60. The van der Waals surface area contributed by atoms with Gasteiger partial charge >= 0.3 is 0 Å². The third-order valence-electron chi connectivity index (χ3n) is 3.01. The molecule has 0 spiro atoms. The van der Waals surface area contributed by atoms with Crippen LogP contribution in [0, 0.1) is 0 Å². The van der Waals surface area contributed by atoms with Gasteiger partial charge in [0.15, 0.2) is 0 Å². The van der Waals surface area contributed by atoms with Crippen LogP contribution in [-0.4, -0.2) is 16.7 Å². The van der Waals surface area contributed by atoms with E-state index in [9.17, 15) is 0 Å². The molecule has 2 nitrogen and oxygen atoms in total. The van der Waals surface area contributed by atoms with E-state index in [0.717, 1.165) is 6.42 Å². The van der Waals surface area contributed by atoms with Crippen molar-refractivity contribution in [2.75, 3.05) is 6.61 Å². The molecular weight excluding hydrogens is 222 g/mol. The molecule has 2 N–H and O–H groups in total. The average molecular weight is 253 g/mol. The van der Waals surface area contributed by atoms with E-state index in [2.05, 4.69) is 11.9 Å². The molecule has 0 atom stereocenters. The first-order valence-corrected chi connectivity index (χ1v) is 7.60. The third-order valence-corrected chi connectivity index (χ3v) is 3.01. The van der Waals surface area contributed by atoms with Gasteiger partial charge in [0.2, 0.25) is 0 Å². The average Bonchev–Trinajstić information content (AvgIpc) is 2.96. The minimum Gasteiger partial charge on any atom is -0.396 e. The number of H-pyrrole nitrogens is 1. The predicted octanol–water partition coefficient (Wildman–Crippen LogP) is 4.91. The normalized spacial score (nSPS) is 9.89. The van der Waals surface area contributed by atoms with Gasteiger partial charge in [-0.1, -0.05) is 64.7 Å². The minimum absolute atomic E-state index is 0.372. The van der Waals surface area contributed by atoms with Gasteiger partial charge in [0, 0.05) is 19.0 Å². The fourth-order valence-electron chi connectivity index (χ4n) is 1.88. The van der Waals surface area contributed by atoms with Crippen molar-refractivity contribution < 1.29 is 5.11 Å². The van der Waals surface area contributed by atoms with Gasteiger partial charge in [-0.3, -0.25) is 0 Å². The molecular formula is C16H31NO. The Morgan fingerprint density at radius 2 is 1.17 bits per heavy atom. The summed E-state index contributed by atoms with van der Waals surface area (Å²) in [6.45, 7) is 2.63. The first kappa shape index (κ1) is 17.2. The smallest absolute Gasteiger partial charge is 0.0431 e. The van der Waals surface area contributed by atoms with E-state index in [1.807, 2.05) is 24.5 Å². The zero-order valence-electron chi connectivity index (χ0n) is 12.0. The second kappa shape index (κ2) is 16.2. The van der Waals surface area contributed by atoms with Crippen LogP contribution < -0.4 is 0 Å². The summed E-state index contributed by atoms with van der Waals surface area (Å²) in [7, 11) is 0. The highest BCUT2D eigenvalue weighted by molar-refractivity contribution is 4.84. The van der Waals surface area contributed by atoms with Crippen LogP contribution in [0.4, 0.5) is 0 Å². The standard InChI is InChI=1S/C12H26O.C4H5N/c1-2-3-4-5-6-7-8-9-10-11-12-13;1-2-4-5-3-1/h13H,2-12H2,1H3;1-5H. The number of nitrogens with one attached hydrogen (secondary N) is 1. The monoisotopic (exact) mass is 253 g/mol. The lowest BCUT2D eigenvalue weighted by Crippen LogP contribution is -1.84. The van der Waals surface area contributed by atoms with Crippen LogP contribution in [0.15, 0.2) is 24.5 Å². The van der Waals surface area contributed by atoms with Crippen molar-refractivity contribution >= 4 is 0 Å². The van der Waals surface area contributed by atoms with Crippen molar-refractivity contribution in [3.8, 4) is 0 Å². The largest absolute Gasteiger partial charge is 0.396 e. The number of hydrogen-bond acceptors (Lipinski definition) is 1. The Kier molecular flexibility index (Phi) is 15.6. The molecule has 0 bridgehead atoms. The molecule has 1 aromatic rings. The van der Waals surface area contributed by atoms with Crippen LogP contribution in [0.1, 0.15) is 71.1 Å². The van der Waals surface area contributed by atoms with Gasteiger partial charge in [0.25, 0.3) is 0 Å². The Balaban J connectivity index is 0.000000473. The van der Waals surface area contributed by atoms with E-state index in [1.165, 1.54) is 57.8 Å². The quantitative estimate of drug-likeness (QED) is 0.571. The number of aliphatic hydroxyl groups is 1. The van der Waals surface area contributed by atoms with E-state index < -0.39 is 0 Å². The van der Waals surface area contributed by atoms with Crippen molar-refractivity contribution in [1.82, 2.24) is 4.98 Å². The summed E-state index contributed by atoms with van der Waals surface area (Å²) in [6.07, 6.45) is 17.1. The van der Waals surface area contributed by atoms with E-state index in [0.29, 0.717) is 6.61 Å². The Bertz CT molecular complexity index is 182. The molecule has 0 amide bonds. The summed E-state index contributed by atoms with van der Waals surface area (Å²) < 4.78 is 0. The fraction of sp³-hybridized carbons (Fsp3) is 0.750. The highest BCUT2D eigenvalue weighted by atomic mass is 16.2. The predicted molar refractivity (Wildman–Crippen MR) is 79.7 cm³/mol. The van der Waals surface area contributed by atoms with Crippen molar-refractivity contribution in [1.29, 1.82) is 0 Å². The molecule has 0 unspecified atom stereocenters. The number of aromatic amines is 1. The maximum absolute atomic E-state index is 8.57. The number of hydrogen-bond donors (Lipinski definition) is 2. The third kappa shape index (κ3) is 15.2. The van der Waals surface area contributed by atoms with Gasteiger partial charge in [-0.15, -0.1) is 0 Å². The molecule has 0 aliphatic rings. The molecule has 0 fully saturated rings. The Morgan fingerprint density at radius 3 is 1.50 bits per heavy atom. The minimum atomic E-state index is 0.372. The molecule has 0 aromatic carbocycles. The maximum Gasteiger partial charge on any atom is 0.0431 e. The molecule has 1 aromatic heterocycles. The molecule has 0 saturated carbocycles. The molecule has 18 heavy (non-hydrogen) atoms. The van der Waals surface area contributed by atoms with Crippen molar-refractivity contribution in [2.24, 2.45) is 0 Å².